The Morgan fingerprint density at radius 1 is 1.05 bits per heavy atom. The Morgan fingerprint density at radius 3 is 2.42 bits per heavy atom. The van der Waals surface area contributed by atoms with Crippen molar-refractivity contribution in [1.82, 2.24) is 19.7 Å². The number of hydrogen-bond donors (Lipinski definition) is 0. The molecule has 4 heterocycles. The summed E-state index contributed by atoms with van der Waals surface area (Å²) in [4.78, 5) is 21.1. The number of carbonyl (C=O) groups is 1. The van der Waals surface area contributed by atoms with Crippen molar-refractivity contribution in [3.05, 3.63) is 63.0 Å². The van der Waals surface area contributed by atoms with E-state index >= 15 is 0 Å². The van der Waals surface area contributed by atoms with E-state index in [1.807, 2.05) is 32.6 Å². The van der Waals surface area contributed by atoms with E-state index in [1.54, 1.807) is 11.3 Å². The van der Waals surface area contributed by atoms with Crippen molar-refractivity contribution >= 4 is 23.1 Å². The highest BCUT2D eigenvalue weighted by atomic mass is 32.1. The predicted molar refractivity (Wildman–Crippen MR) is 160 cm³/mol. The molecule has 1 amide bonds. The van der Waals surface area contributed by atoms with Crippen molar-refractivity contribution in [3.8, 4) is 5.00 Å². The summed E-state index contributed by atoms with van der Waals surface area (Å²) < 4.78 is 7.84. The van der Waals surface area contributed by atoms with Crippen LogP contribution in [-0.4, -0.2) is 50.2 Å². The first-order valence-electron chi connectivity index (χ1n) is 14.6. The summed E-state index contributed by atoms with van der Waals surface area (Å²) in [5.41, 5.74) is 5.92. The van der Waals surface area contributed by atoms with Crippen LogP contribution in [0.1, 0.15) is 111 Å². The van der Waals surface area contributed by atoms with Crippen LogP contribution in [0.4, 0.5) is 4.79 Å². The van der Waals surface area contributed by atoms with Crippen LogP contribution in [0, 0.1) is 26.2 Å². The molecular weight excluding hydrogens is 518 g/mol. The number of carbonyl (C=O) groups excluding carboxylic acids is 1. The maximum absolute atomic E-state index is 12.6. The van der Waals surface area contributed by atoms with Gasteiger partial charge in [-0.2, -0.15) is 0 Å². The zero-order valence-electron chi connectivity index (χ0n) is 24.9. The van der Waals surface area contributed by atoms with Crippen molar-refractivity contribution in [3.63, 3.8) is 0 Å². The molecule has 3 aliphatic rings. The van der Waals surface area contributed by atoms with E-state index in [1.165, 1.54) is 52.3 Å². The number of hydrogen-bond acceptors (Lipinski definition) is 6. The number of thiophene rings is 1. The highest BCUT2D eigenvalue weighted by molar-refractivity contribution is 7.15. The van der Waals surface area contributed by atoms with Gasteiger partial charge in [0.1, 0.15) is 22.5 Å². The summed E-state index contributed by atoms with van der Waals surface area (Å²) in [5, 5.41) is 10.0. The molecule has 0 radical (unpaired) electrons. The predicted octanol–water partition coefficient (Wildman–Crippen LogP) is 7.45. The average Bonchev–Trinajstić information content (AvgIpc) is 3.56. The van der Waals surface area contributed by atoms with Crippen LogP contribution in [0.15, 0.2) is 29.3 Å². The number of ether oxygens (including phenoxy) is 1. The third-order valence-electron chi connectivity index (χ3n) is 9.14. The first-order chi connectivity index (χ1) is 18.9. The summed E-state index contributed by atoms with van der Waals surface area (Å²) in [6.07, 6.45) is 5.59. The van der Waals surface area contributed by atoms with E-state index in [0.717, 1.165) is 42.4 Å². The molecule has 0 N–H and O–H groups in total. The van der Waals surface area contributed by atoms with Crippen LogP contribution < -0.4 is 0 Å². The molecule has 0 bridgehead atoms. The van der Waals surface area contributed by atoms with Crippen molar-refractivity contribution in [2.45, 2.75) is 98.1 Å². The second-order valence-electron chi connectivity index (χ2n) is 13.1. The van der Waals surface area contributed by atoms with Gasteiger partial charge in [-0.3, -0.25) is 9.56 Å². The summed E-state index contributed by atoms with van der Waals surface area (Å²) in [5.74, 6) is 2.37. The van der Waals surface area contributed by atoms with Gasteiger partial charge in [-0.1, -0.05) is 24.3 Å². The van der Waals surface area contributed by atoms with Crippen LogP contribution in [0.5, 0.6) is 0 Å². The molecular formula is C32H41N5O2S. The lowest BCUT2D eigenvalue weighted by Crippen LogP contribution is -2.37. The Bertz CT molecular complexity index is 1470. The van der Waals surface area contributed by atoms with E-state index in [4.69, 9.17) is 9.73 Å². The Hall–Kier alpha value is -3.00. The van der Waals surface area contributed by atoms with Gasteiger partial charge in [0.15, 0.2) is 5.82 Å². The molecule has 1 aromatic carbocycles. The molecule has 2 fully saturated rings. The number of amides is 1. The molecule has 6 rings (SSSR count). The first kappa shape index (κ1) is 27.2. The van der Waals surface area contributed by atoms with Gasteiger partial charge in [-0.25, -0.2) is 4.79 Å². The van der Waals surface area contributed by atoms with E-state index < -0.39 is 5.60 Å². The smallest absolute Gasteiger partial charge is 0.410 e. The zero-order valence-corrected chi connectivity index (χ0v) is 25.7. The lowest BCUT2D eigenvalue weighted by Gasteiger charge is -2.37. The molecule has 1 saturated heterocycles. The minimum absolute atomic E-state index is 0.0728. The molecule has 8 heteroatoms. The minimum Gasteiger partial charge on any atom is -0.444 e. The molecule has 3 aromatic rings. The Kier molecular flexibility index (Phi) is 6.68. The SMILES string of the molecule is Cc1sc2c(c1C)C(c1ccc(C3CCC4(CC3)CCN(C(=O)OC(C)(C)C)C4)cc1)=N[C@@H](C)c1nnc(C)n1-2. The third-order valence-corrected chi connectivity index (χ3v) is 10.3. The van der Waals surface area contributed by atoms with Crippen LogP contribution in [0.3, 0.4) is 0 Å². The van der Waals surface area contributed by atoms with Crippen LogP contribution in [0.2, 0.25) is 0 Å². The molecule has 212 valence electrons. The minimum atomic E-state index is -0.447. The number of fused-ring (bicyclic) bond motifs is 3. The van der Waals surface area contributed by atoms with E-state index in [9.17, 15) is 4.79 Å². The van der Waals surface area contributed by atoms with Crippen LogP contribution >= 0.6 is 11.3 Å². The molecule has 2 aromatic heterocycles. The molecule has 0 unspecified atom stereocenters. The quantitative estimate of drug-likeness (QED) is 0.327. The van der Waals surface area contributed by atoms with Crippen LogP contribution in [-0.2, 0) is 4.74 Å². The number of aliphatic imine (C=N–C) groups is 1. The average molecular weight is 560 g/mol. The van der Waals surface area contributed by atoms with Gasteiger partial charge in [0.05, 0.1) is 5.71 Å². The first-order valence-corrected chi connectivity index (χ1v) is 15.4. The Balaban J connectivity index is 1.19. The highest BCUT2D eigenvalue weighted by Gasteiger charge is 2.43. The lowest BCUT2D eigenvalue weighted by atomic mass is 9.68. The van der Waals surface area contributed by atoms with E-state index in [2.05, 4.69) is 59.8 Å². The fraction of sp³-hybridized carbons (Fsp3) is 0.562. The highest BCUT2D eigenvalue weighted by Crippen LogP contribution is 2.48. The number of aromatic nitrogens is 3. The number of aryl methyl sites for hydroxylation is 2. The fourth-order valence-electron chi connectivity index (χ4n) is 6.78. The number of rotatable bonds is 2. The number of benzene rings is 1. The second kappa shape index (κ2) is 9.82. The third kappa shape index (κ3) is 4.78. The lowest BCUT2D eigenvalue weighted by molar-refractivity contribution is 0.0260. The van der Waals surface area contributed by atoms with Crippen molar-refractivity contribution < 1.29 is 9.53 Å². The van der Waals surface area contributed by atoms with Crippen molar-refractivity contribution in [2.24, 2.45) is 10.4 Å². The number of nitrogens with zero attached hydrogens (tertiary/aromatic N) is 5. The Morgan fingerprint density at radius 2 is 1.75 bits per heavy atom. The van der Waals surface area contributed by atoms with E-state index in [-0.39, 0.29) is 17.6 Å². The van der Waals surface area contributed by atoms with Gasteiger partial charge in [0, 0.05) is 29.1 Å². The normalized spacial score (nSPS) is 24.5. The monoisotopic (exact) mass is 559 g/mol. The van der Waals surface area contributed by atoms with Gasteiger partial charge < -0.3 is 9.64 Å². The van der Waals surface area contributed by atoms with Crippen molar-refractivity contribution in [1.29, 1.82) is 0 Å². The van der Waals surface area contributed by atoms with Gasteiger partial charge in [0.2, 0.25) is 0 Å². The largest absolute Gasteiger partial charge is 0.444 e. The molecule has 1 atom stereocenters. The van der Waals surface area contributed by atoms with Gasteiger partial charge in [0.25, 0.3) is 0 Å². The molecule has 1 spiro atoms. The van der Waals surface area contributed by atoms with E-state index in [0.29, 0.717) is 5.92 Å². The zero-order chi connectivity index (χ0) is 28.4. The maximum atomic E-state index is 12.6. The standard InChI is InChI=1S/C32H41N5O2S/c1-19-21(3)40-29-26(19)27(33-20(2)28-35-34-22(4)37(28)29)25-10-8-23(9-11-25)24-12-14-32(15-13-24)16-17-36(18-32)30(38)39-31(5,6)7/h8-11,20,24H,12-18H2,1-7H3/t20-,24?,32?/m0/s1. The topological polar surface area (TPSA) is 72.6 Å². The number of likely N-dealkylation sites (tertiary alicyclic amines) is 1. The molecule has 2 aliphatic heterocycles. The summed E-state index contributed by atoms with van der Waals surface area (Å²) >= 11 is 1.80. The van der Waals surface area contributed by atoms with Crippen molar-refractivity contribution in [2.75, 3.05) is 13.1 Å². The molecule has 1 aliphatic carbocycles. The summed E-state index contributed by atoms with van der Waals surface area (Å²) in [6.45, 7) is 16.0. The van der Waals surface area contributed by atoms with Gasteiger partial charge >= 0.3 is 6.09 Å². The maximum Gasteiger partial charge on any atom is 0.410 e. The summed E-state index contributed by atoms with van der Waals surface area (Å²) in [6, 6.07) is 9.09. The Labute approximate surface area is 241 Å². The van der Waals surface area contributed by atoms with Gasteiger partial charge in [-0.15, -0.1) is 21.5 Å². The van der Waals surface area contributed by atoms with Gasteiger partial charge in [-0.05, 0) is 103 Å². The fourth-order valence-corrected chi connectivity index (χ4v) is 8.00. The molecule has 40 heavy (non-hydrogen) atoms. The molecule has 1 saturated carbocycles. The van der Waals surface area contributed by atoms with Crippen LogP contribution in [0.25, 0.3) is 5.00 Å². The molecule has 7 nitrogen and oxygen atoms in total. The summed E-state index contributed by atoms with van der Waals surface area (Å²) in [7, 11) is 0. The second-order valence-corrected chi connectivity index (χ2v) is 14.3.